The van der Waals surface area contributed by atoms with Gasteiger partial charge in [-0.15, -0.1) is 0 Å². The molecular weight excluding hydrogens is 242 g/mol. The molecule has 1 unspecified atom stereocenters. The number of likely N-dealkylation sites (tertiary alicyclic amines) is 1. The zero-order valence-electron chi connectivity index (χ0n) is 12.8. The van der Waals surface area contributed by atoms with Crippen LogP contribution in [0.4, 0.5) is 0 Å². The third-order valence-corrected chi connectivity index (χ3v) is 3.82. The minimum atomic E-state index is -0.531. The Morgan fingerprint density at radius 2 is 1.89 bits per heavy atom. The molecule has 0 spiro atoms. The molecule has 0 aromatic carbocycles. The molecule has 1 aliphatic rings. The number of nitrogens with zero attached hydrogens (tertiary/aromatic N) is 1. The van der Waals surface area contributed by atoms with Gasteiger partial charge in [-0.1, -0.05) is 13.8 Å². The standard InChI is InChI=1S/C15H29NO3/c1-12(2)7-10-19-15(3,4)14(18)11-16-8-5-13(17)6-9-16/h12,14,18H,5-11H2,1-4H3. The van der Waals surface area contributed by atoms with Gasteiger partial charge in [-0.05, 0) is 26.2 Å². The van der Waals surface area contributed by atoms with Gasteiger partial charge in [0.05, 0.1) is 11.7 Å². The molecule has 1 N–H and O–H groups in total. The van der Waals surface area contributed by atoms with Crippen LogP contribution in [0.5, 0.6) is 0 Å². The highest BCUT2D eigenvalue weighted by Crippen LogP contribution is 2.18. The molecule has 1 aliphatic heterocycles. The minimum absolute atomic E-state index is 0.332. The molecule has 0 amide bonds. The van der Waals surface area contributed by atoms with Gasteiger partial charge in [-0.25, -0.2) is 0 Å². The summed E-state index contributed by atoms with van der Waals surface area (Å²) in [5.74, 6) is 0.944. The Bertz CT molecular complexity index is 279. The third-order valence-electron chi connectivity index (χ3n) is 3.82. The molecule has 112 valence electrons. The molecule has 1 rings (SSSR count). The molecule has 1 atom stereocenters. The van der Waals surface area contributed by atoms with Crippen LogP contribution in [0.25, 0.3) is 0 Å². The average molecular weight is 271 g/mol. The highest BCUT2D eigenvalue weighted by Gasteiger charge is 2.31. The third kappa shape index (κ3) is 6.02. The van der Waals surface area contributed by atoms with Crippen molar-refractivity contribution in [3.05, 3.63) is 0 Å². The van der Waals surface area contributed by atoms with Crippen molar-refractivity contribution in [2.24, 2.45) is 5.92 Å². The van der Waals surface area contributed by atoms with Gasteiger partial charge < -0.3 is 9.84 Å². The highest BCUT2D eigenvalue weighted by atomic mass is 16.5. The van der Waals surface area contributed by atoms with Crippen LogP contribution in [-0.2, 0) is 9.53 Å². The van der Waals surface area contributed by atoms with Gasteiger partial charge in [0.15, 0.2) is 0 Å². The maximum Gasteiger partial charge on any atom is 0.135 e. The molecule has 0 saturated carbocycles. The number of hydrogen-bond donors (Lipinski definition) is 1. The van der Waals surface area contributed by atoms with Gasteiger partial charge in [-0.3, -0.25) is 9.69 Å². The normalized spacial score (nSPS) is 20.0. The quantitative estimate of drug-likeness (QED) is 0.768. The highest BCUT2D eigenvalue weighted by molar-refractivity contribution is 5.79. The summed E-state index contributed by atoms with van der Waals surface area (Å²) in [5, 5.41) is 10.3. The van der Waals surface area contributed by atoms with E-state index in [4.69, 9.17) is 4.74 Å². The van der Waals surface area contributed by atoms with Crippen molar-refractivity contribution < 1.29 is 14.6 Å². The number of rotatable bonds is 7. The lowest BCUT2D eigenvalue weighted by Gasteiger charge is -2.35. The van der Waals surface area contributed by atoms with Gasteiger partial charge in [0.25, 0.3) is 0 Å². The largest absolute Gasteiger partial charge is 0.389 e. The van der Waals surface area contributed by atoms with Gasteiger partial charge in [-0.2, -0.15) is 0 Å². The minimum Gasteiger partial charge on any atom is -0.389 e. The average Bonchev–Trinajstić information content (AvgIpc) is 2.31. The summed E-state index contributed by atoms with van der Waals surface area (Å²) in [4.78, 5) is 13.3. The van der Waals surface area contributed by atoms with E-state index in [0.29, 0.717) is 37.7 Å². The molecule has 4 nitrogen and oxygen atoms in total. The van der Waals surface area contributed by atoms with Gasteiger partial charge in [0.2, 0.25) is 0 Å². The van der Waals surface area contributed by atoms with E-state index in [1.165, 1.54) is 0 Å². The second-order valence-corrected chi connectivity index (χ2v) is 6.49. The van der Waals surface area contributed by atoms with Gasteiger partial charge in [0, 0.05) is 39.1 Å². The number of aliphatic hydroxyl groups is 1. The van der Waals surface area contributed by atoms with Crippen LogP contribution in [0, 0.1) is 5.92 Å². The zero-order valence-corrected chi connectivity index (χ0v) is 12.8. The predicted molar refractivity (Wildman–Crippen MR) is 76.2 cm³/mol. The number of ether oxygens (including phenoxy) is 1. The van der Waals surface area contributed by atoms with E-state index in [-0.39, 0.29) is 0 Å². The van der Waals surface area contributed by atoms with Crippen molar-refractivity contribution in [1.82, 2.24) is 4.90 Å². The number of Topliss-reactive ketones (excluding diaryl/α,β-unsaturated/α-hetero) is 1. The molecule has 1 heterocycles. The fourth-order valence-electron chi connectivity index (χ4n) is 2.10. The molecule has 4 heteroatoms. The fraction of sp³-hybridized carbons (Fsp3) is 0.933. The number of carbonyl (C=O) groups excluding carboxylic acids is 1. The molecular formula is C15H29NO3. The molecule has 0 bridgehead atoms. The van der Waals surface area contributed by atoms with Crippen molar-refractivity contribution >= 4 is 5.78 Å². The van der Waals surface area contributed by atoms with E-state index in [9.17, 15) is 9.90 Å². The Morgan fingerprint density at radius 3 is 2.42 bits per heavy atom. The molecule has 0 aromatic rings. The maximum absolute atomic E-state index is 11.2. The Hall–Kier alpha value is -0.450. The number of β-amino-alcohol motifs (C(OH)–C–C–N with tert-alkyl or cyclic N) is 1. The Kier molecular flexibility index (Phi) is 6.43. The number of hydrogen-bond acceptors (Lipinski definition) is 4. The van der Waals surface area contributed by atoms with Gasteiger partial charge in [0.1, 0.15) is 5.78 Å². The first-order valence-corrected chi connectivity index (χ1v) is 7.37. The molecule has 0 aliphatic carbocycles. The van der Waals surface area contributed by atoms with Crippen LogP contribution in [0.1, 0.15) is 47.0 Å². The lowest BCUT2D eigenvalue weighted by molar-refractivity contribution is -0.125. The van der Waals surface area contributed by atoms with E-state index in [0.717, 1.165) is 19.5 Å². The Morgan fingerprint density at radius 1 is 1.32 bits per heavy atom. The van der Waals surface area contributed by atoms with Crippen molar-refractivity contribution in [2.75, 3.05) is 26.2 Å². The SMILES string of the molecule is CC(C)CCOC(C)(C)C(O)CN1CCC(=O)CC1. The first-order valence-electron chi connectivity index (χ1n) is 7.37. The summed E-state index contributed by atoms with van der Waals surface area (Å²) in [6, 6.07) is 0. The monoisotopic (exact) mass is 271 g/mol. The Balaban J connectivity index is 2.33. The zero-order chi connectivity index (χ0) is 14.5. The lowest BCUT2D eigenvalue weighted by atomic mass is 9.99. The van der Waals surface area contributed by atoms with Crippen LogP contribution in [0.15, 0.2) is 0 Å². The van der Waals surface area contributed by atoms with E-state index >= 15 is 0 Å². The van der Waals surface area contributed by atoms with E-state index in [1.54, 1.807) is 0 Å². The Labute approximate surface area is 117 Å². The molecule has 1 fully saturated rings. The van der Waals surface area contributed by atoms with E-state index in [2.05, 4.69) is 18.7 Å². The van der Waals surface area contributed by atoms with Crippen LogP contribution < -0.4 is 0 Å². The first-order chi connectivity index (χ1) is 8.81. The summed E-state index contributed by atoms with van der Waals surface area (Å²) < 4.78 is 5.82. The topological polar surface area (TPSA) is 49.8 Å². The number of aliphatic hydroxyl groups excluding tert-OH is 1. The van der Waals surface area contributed by atoms with Crippen LogP contribution in [0.3, 0.4) is 0 Å². The molecule has 0 aromatic heterocycles. The van der Waals surface area contributed by atoms with Crippen LogP contribution in [0.2, 0.25) is 0 Å². The van der Waals surface area contributed by atoms with Crippen LogP contribution in [-0.4, -0.2) is 53.7 Å². The van der Waals surface area contributed by atoms with Crippen molar-refractivity contribution in [1.29, 1.82) is 0 Å². The number of ketones is 1. The summed E-state index contributed by atoms with van der Waals surface area (Å²) >= 11 is 0. The predicted octanol–water partition coefficient (Wildman–Crippen LogP) is 1.85. The number of carbonyl (C=O) groups is 1. The van der Waals surface area contributed by atoms with Crippen LogP contribution >= 0.6 is 0 Å². The van der Waals surface area contributed by atoms with Gasteiger partial charge >= 0.3 is 0 Å². The van der Waals surface area contributed by atoms with E-state index in [1.807, 2.05) is 13.8 Å². The fourth-order valence-corrected chi connectivity index (χ4v) is 2.10. The van der Waals surface area contributed by atoms with Crippen molar-refractivity contribution in [3.63, 3.8) is 0 Å². The second kappa shape index (κ2) is 7.36. The summed E-state index contributed by atoms with van der Waals surface area (Å²) in [6.07, 6.45) is 1.71. The second-order valence-electron chi connectivity index (χ2n) is 6.49. The molecule has 1 saturated heterocycles. The smallest absolute Gasteiger partial charge is 0.135 e. The van der Waals surface area contributed by atoms with Crippen molar-refractivity contribution in [3.8, 4) is 0 Å². The van der Waals surface area contributed by atoms with E-state index < -0.39 is 11.7 Å². The molecule has 19 heavy (non-hydrogen) atoms. The molecule has 0 radical (unpaired) electrons. The maximum atomic E-state index is 11.2. The lowest BCUT2D eigenvalue weighted by Crippen LogP contribution is -2.48. The summed E-state index contributed by atoms with van der Waals surface area (Å²) in [5.41, 5.74) is -0.531. The first kappa shape index (κ1) is 16.6. The summed E-state index contributed by atoms with van der Waals surface area (Å²) in [7, 11) is 0. The number of piperidine rings is 1. The summed E-state index contributed by atoms with van der Waals surface area (Å²) in [6.45, 7) is 11.0. The van der Waals surface area contributed by atoms with Crippen molar-refractivity contribution in [2.45, 2.75) is 58.7 Å².